The van der Waals surface area contributed by atoms with Gasteiger partial charge in [0.05, 0.1) is 0 Å². The minimum Gasteiger partial charge on any atom is -0.488 e. The van der Waals surface area contributed by atoms with Gasteiger partial charge in [0.2, 0.25) is 0 Å². The number of aryl methyl sites for hydroxylation is 1. The summed E-state index contributed by atoms with van der Waals surface area (Å²) in [6.07, 6.45) is 3.54. The third-order valence-corrected chi connectivity index (χ3v) is 4.19. The Morgan fingerprint density at radius 2 is 2.20 bits per heavy atom. The molecule has 2 nitrogen and oxygen atoms in total. The highest BCUT2D eigenvalue weighted by Gasteiger charge is 2.23. The highest BCUT2D eigenvalue weighted by Crippen LogP contribution is 2.29. The van der Waals surface area contributed by atoms with Crippen molar-refractivity contribution in [3.05, 3.63) is 29.3 Å². The fourth-order valence-electron chi connectivity index (χ4n) is 2.77. The molecule has 0 amide bonds. The Morgan fingerprint density at radius 3 is 2.95 bits per heavy atom. The minimum atomic E-state index is 0.274. The Kier molecular flexibility index (Phi) is 5.34. The molecule has 1 unspecified atom stereocenters. The average Bonchev–Trinajstić information content (AvgIpc) is 2.78. The van der Waals surface area contributed by atoms with Gasteiger partial charge in [-0.05, 0) is 36.8 Å². The van der Waals surface area contributed by atoms with E-state index in [-0.39, 0.29) is 6.10 Å². The van der Waals surface area contributed by atoms with Gasteiger partial charge in [0, 0.05) is 25.4 Å². The summed E-state index contributed by atoms with van der Waals surface area (Å²) in [6, 6.07) is 6.44. The fourth-order valence-corrected chi connectivity index (χ4v) is 2.90. The van der Waals surface area contributed by atoms with Gasteiger partial charge in [0.25, 0.3) is 0 Å². The highest BCUT2D eigenvalue weighted by atomic mass is 35.5. The zero-order valence-corrected chi connectivity index (χ0v) is 13.6. The molecule has 1 N–H and O–H groups in total. The van der Waals surface area contributed by atoms with Crippen molar-refractivity contribution in [3.8, 4) is 5.75 Å². The van der Waals surface area contributed by atoms with Gasteiger partial charge in [0.1, 0.15) is 11.9 Å². The van der Waals surface area contributed by atoms with E-state index < -0.39 is 0 Å². The van der Waals surface area contributed by atoms with Crippen molar-refractivity contribution < 1.29 is 4.74 Å². The summed E-state index contributed by atoms with van der Waals surface area (Å²) in [7, 11) is 0. The molecular formula is C17H26ClNO. The van der Waals surface area contributed by atoms with Crippen LogP contribution >= 0.6 is 11.6 Å². The predicted molar refractivity (Wildman–Crippen MR) is 85.9 cm³/mol. The largest absolute Gasteiger partial charge is 0.488 e. The van der Waals surface area contributed by atoms with E-state index in [4.69, 9.17) is 16.3 Å². The second-order valence-corrected chi connectivity index (χ2v) is 7.02. The lowest BCUT2D eigenvalue weighted by atomic mass is 9.88. The topological polar surface area (TPSA) is 21.3 Å². The zero-order chi connectivity index (χ0) is 14.6. The maximum atomic E-state index is 5.97. The Hall–Kier alpha value is -0.730. The molecule has 0 aliphatic carbocycles. The standard InChI is InChI=1S/C17H26ClNO/c1-13-5-6-16-14(9-13)10-15(20-16)11-19-12-17(2,3)7-4-8-18/h5-6,9,15,19H,4,7-8,10-12H2,1-3H3. The van der Waals surface area contributed by atoms with Crippen LogP contribution in [0.2, 0.25) is 0 Å². The first-order chi connectivity index (χ1) is 9.50. The van der Waals surface area contributed by atoms with Crippen LogP contribution in [0.3, 0.4) is 0 Å². The van der Waals surface area contributed by atoms with Crippen LogP contribution in [0.25, 0.3) is 0 Å². The lowest BCUT2D eigenvalue weighted by molar-refractivity contribution is 0.214. The van der Waals surface area contributed by atoms with Gasteiger partial charge < -0.3 is 10.1 Å². The molecule has 0 fully saturated rings. The molecule has 0 radical (unpaired) electrons. The molecule has 0 saturated heterocycles. The summed E-state index contributed by atoms with van der Waals surface area (Å²) in [6.45, 7) is 8.64. The predicted octanol–water partition coefficient (Wildman–Crippen LogP) is 3.93. The van der Waals surface area contributed by atoms with Crippen LogP contribution in [0.5, 0.6) is 5.75 Å². The molecule has 0 spiro atoms. The second kappa shape index (κ2) is 6.82. The third-order valence-electron chi connectivity index (χ3n) is 3.92. The lowest BCUT2D eigenvalue weighted by Gasteiger charge is -2.25. The minimum absolute atomic E-state index is 0.274. The molecule has 1 aliphatic heterocycles. The van der Waals surface area contributed by atoms with Crippen LogP contribution in [0.1, 0.15) is 37.8 Å². The second-order valence-electron chi connectivity index (χ2n) is 6.64. The van der Waals surface area contributed by atoms with Crippen molar-refractivity contribution in [2.24, 2.45) is 5.41 Å². The summed E-state index contributed by atoms with van der Waals surface area (Å²) in [5.41, 5.74) is 2.96. The van der Waals surface area contributed by atoms with Crippen LogP contribution in [0, 0.1) is 12.3 Å². The molecule has 1 heterocycles. The summed E-state index contributed by atoms with van der Waals surface area (Å²) in [5.74, 6) is 1.81. The lowest BCUT2D eigenvalue weighted by Crippen LogP contribution is -2.36. The van der Waals surface area contributed by atoms with E-state index in [1.165, 1.54) is 11.1 Å². The summed E-state index contributed by atoms with van der Waals surface area (Å²) in [4.78, 5) is 0. The van der Waals surface area contributed by atoms with Crippen LogP contribution in [0.15, 0.2) is 18.2 Å². The summed E-state index contributed by atoms with van der Waals surface area (Å²) in [5, 5.41) is 3.56. The average molecular weight is 296 g/mol. The van der Waals surface area contributed by atoms with Gasteiger partial charge in [-0.15, -0.1) is 11.6 Å². The first kappa shape index (κ1) is 15.7. The molecule has 1 aromatic carbocycles. The smallest absolute Gasteiger partial charge is 0.123 e. The summed E-state index contributed by atoms with van der Waals surface area (Å²) < 4.78 is 5.97. The van der Waals surface area contributed by atoms with Gasteiger partial charge in [-0.1, -0.05) is 31.5 Å². The maximum absolute atomic E-state index is 5.97. The number of hydrogen-bond donors (Lipinski definition) is 1. The zero-order valence-electron chi connectivity index (χ0n) is 12.8. The molecular weight excluding hydrogens is 270 g/mol. The molecule has 112 valence electrons. The first-order valence-electron chi connectivity index (χ1n) is 7.53. The van der Waals surface area contributed by atoms with Crippen molar-refractivity contribution in [2.45, 2.75) is 46.1 Å². The SMILES string of the molecule is Cc1ccc2c(c1)CC(CNCC(C)(C)CCCCl)O2. The first-order valence-corrected chi connectivity index (χ1v) is 8.06. The van der Waals surface area contributed by atoms with Crippen molar-refractivity contribution in [1.29, 1.82) is 0 Å². The van der Waals surface area contributed by atoms with Crippen LogP contribution in [-0.4, -0.2) is 25.1 Å². The molecule has 2 rings (SSSR count). The molecule has 1 aliphatic rings. The number of benzene rings is 1. The van der Waals surface area contributed by atoms with E-state index in [1.807, 2.05) is 0 Å². The van der Waals surface area contributed by atoms with E-state index in [0.29, 0.717) is 5.41 Å². The van der Waals surface area contributed by atoms with Crippen LogP contribution in [-0.2, 0) is 6.42 Å². The molecule has 0 aromatic heterocycles. The van der Waals surface area contributed by atoms with Gasteiger partial charge in [-0.25, -0.2) is 0 Å². The molecule has 3 heteroatoms. The molecule has 1 aromatic rings. The Labute approximate surface area is 127 Å². The Morgan fingerprint density at radius 1 is 1.40 bits per heavy atom. The molecule has 1 atom stereocenters. The number of nitrogens with one attached hydrogen (secondary N) is 1. The maximum Gasteiger partial charge on any atom is 0.123 e. The highest BCUT2D eigenvalue weighted by molar-refractivity contribution is 6.17. The van der Waals surface area contributed by atoms with Crippen molar-refractivity contribution in [1.82, 2.24) is 5.32 Å². The third kappa shape index (κ3) is 4.39. The van der Waals surface area contributed by atoms with E-state index in [9.17, 15) is 0 Å². The number of ether oxygens (including phenoxy) is 1. The van der Waals surface area contributed by atoms with Gasteiger partial charge in [-0.3, -0.25) is 0 Å². The van der Waals surface area contributed by atoms with E-state index in [1.54, 1.807) is 0 Å². The molecule has 0 bridgehead atoms. The van der Waals surface area contributed by atoms with E-state index >= 15 is 0 Å². The van der Waals surface area contributed by atoms with Crippen molar-refractivity contribution >= 4 is 11.6 Å². The number of hydrogen-bond acceptors (Lipinski definition) is 2. The van der Waals surface area contributed by atoms with Gasteiger partial charge >= 0.3 is 0 Å². The molecule has 20 heavy (non-hydrogen) atoms. The van der Waals surface area contributed by atoms with Gasteiger partial charge in [-0.2, -0.15) is 0 Å². The van der Waals surface area contributed by atoms with Crippen LogP contribution < -0.4 is 10.1 Å². The number of rotatable bonds is 7. The van der Waals surface area contributed by atoms with Crippen molar-refractivity contribution in [2.75, 3.05) is 19.0 Å². The Balaban J connectivity index is 1.74. The summed E-state index contributed by atoms with van der Waals surface area (Å²) >= 11 is 5.77. The monoisotopic (exact) mass is 295 g/mol. The Bertz CT molecular complexity index is 445. The van der Waals surface area contributed by atoms with Gasteiger partial charge in [0.15, 0.2) is 0 Å². The number of alkyl halides is 1. The van der Waals surface area contributed by atoms with E-state index in [2.05, 4.69) is 44.3 Å². The molecule has 0 saturated carbocycles. The quantitative estimate of drug-likeness (QED) is 0.770. The number of halogens is 1. The normalized spacial score (nSPS) is 17.9. The fraction of sp³-hybridized carbons (Fsp3) is 0.647. The van der Waals surface area contributed by atoms with Crippen LogP contribution in [0.4, 0.5) is 0 Å². The van der Waals surface area contributed by atoms with E-state index in [0.717, 1.165) is 44.0 Å². The van der Waals surface area contributed by atoms with Crippen molar-refractivity contribution in [3.63, 3.8) is 0 Å². The number of fused-ring (bicyclic) bond motifs is 1.